The summed E-state index contributed by atoms with van der Waals surface area (Å²) >= 11 is 0. The first kappa shape index (κ1) is 23.2. The molecule has 4 aromatic rings. The summed E-state index contributed by atoms with van der Waals surface area (Å²) in [7, 11) is 2.85. The van der Waals surface area contributed by atoms with Crippen molar-refractivity contribution in [3.8, 4) is 28.8 Å². The molecule has 2 aromatic heterocycles. The second kappa shape index (κ2) is 9.91. The lowest BCUT2D eigenvalue weighted by Gasteiger charge is -2.13. The standard InChI is InChI=1S/C22H21N7O6/c1-12(30)34-20-16(32-2)8-13(9-17(20)33-3)10-24-26-18(31)11-29-15-7-5-4-6-14(15)25-22(29)19-21(23)28-35-27-19/h4-10H,11H2,1-3H3,(H2,23,28)(H,26,31)/b24-10-. The van der Waals surface area contributed by atoms with Gasteiger partial charge in [-0.3, -0.25) is 9.59 Å². The van der Waals surface area contributed by atoms with Crippen LogP contribution in [0.4, 0.5) is 5.82 Å². The van der Waals surface area contributed by atoms with Crippen molar-refractivity contribution < 1.29 is 28.4 Å². The summed E-state index contributed by atoms with van der Waals surface area (Å²) in [6.07, 6.45) is 1.40. The summed E-state index contributed by atoms with van der Waals surface area (Å²) in [6.45, 7) is 1.14. The third kappa shape index (κ3) is 4.88. The summed E-state index contributed by atoms with van der Waals surface area (Å²) < 4.78 is 22.0. The molecule has 4 rings (SSSR count). The van der Waals surface area contributed by atoms with Crippen molar-refractivity contribution in [1.29, 1.82) is 0 Å². The molecule has 0 aliphatic rings. The molecule has 2 heterocycles. The Morgan fingerprint density at radius 2 is 1.89 bits per heavy atom. The van der Waals surface area contributed by atoms with Crippen LogP contribution in [0.2, 0.25) is 0 Å². The number of carbonyl (C=O) groups is 2. The van der Waals surface area contributed by atoms with Gasteiger partial charge in [-0.2, -0.15) is 5.10 Å². The van der Waals surface area contributed by atoms with Crippen LogP contribution < -0.4 is 25.4 Å². The van der Waals surface area contributed by atoms with Crippen LogP contribution in [0, 0.1) is 0 Å². The van der Waals surface area contributed by atoms with Gasteiger partial charge in [-0.05, 0) is 34.6 Å². The maximum absolute atomic E-state index is 12.7. The highest BCUT2D eigenvalue weighted by molar-refractivity contribution is 5.87. The van der Waals surface area contributed by atoms with Crippen LogP contribution in [0.25, 0.3) is 22.6 Å². The molecule has 0 radical (unpaired) electrons. The van der Waals surface area contributed by atoms with Crippen LogP contribution in [0.5, 0.6) is 17.2 Å². The Kier molecular flexibility index (Phi) is 6.57. The summed E-state index contributed by atoms with van der Waals surface area (Å²) in [6, 6.07) is 10.4. The van der Waals surface area contributed by atoms with Crippen molar-refractivity contribution in [2.24, 2.45) is 5.10 Å². The third-order valence-corrected chi connectivity index (χ3v) is 4.81. The number of hydrogen-bond acceptors (Lipinski definition) is 11. The number of nitrogens with zero attached hydrogens (tertiary/aromatic N) is 5. The number of para-hydroxylation sites is 2. The molecule has 0 atom stereocenters. The topological polar surface area (TPSA) is 169 Å². The molecule has 0 fully saturated rings. The number of esters is 1. The number of imidazole rings is 1. The molecule has 180 valence electrons. The lowest BCUT2D eigenvalue weighted by Crippen LogP contribution is -2.23. The minimum atomic E-state index is -0.523. The van der Waals surface area contributed by atoms with Crippen LogP contribution >= 0.6 is 0 Å². The van der Waals surface area contributed by atoms with Gasteiger partial charge in [0.25, 0.3) is 5.91 Å². The van der Waals surface area contributed by atoms with Crippen LogP contribution in [-0.2, 0) is 16.1 Å². The van der Waals surface area contributed by atoms with Crippen molar-refractivity contribution in [3.63, 3.8) is 0 Å². The Hall–Kier alpha value is -4.94. The largest absolute Gasteiger partial charge is 0.493 e. The van der Waals surface area contributed by atoms with Gasteiger partial charge in [-0.1, -0.05) is 12.1 Å². The van der Waals surface area contributed by atoms with E-state index >= 15 is 0 Å². The average molecular weight is 479 g/mol. The second-order valence-electron chi connectivity index (χ2n) is 7.15. The number of hydrogen-bond donors (Lipinski definition) is 2. The quantitative estimate of drug-likeness (QED) is 0.164. The summed E-state index contributed by atoms with van der Waals surface area (Å²) in [4.78, 5) is 28.6. The van der Waals surface area contributed by atoms with Gasteiger partial charge in [0.15, 0.2) is 28.8 Å². The first-order chi connectivity index (χ1) is 16.9. The lowest BCUT2D eigenvalue weighted by molar-refractivity contribution is -0.132. The number of ether oxygens (including phenoxy) is 3. The molecule has 2 aromatic carbocycles. The molecule has 0 bridgehead atoms. The second-order valence-corrected chi connectivity index (χ2v) is 7.15. The number of nitrogens with one attached hydrogen (secondary N) is 1. The van der Waals surface area contributed by atoms with E-state index in [9.17, 15) is 9.59 Å². The number of fused-ring (bicyclic) bond motifs is 1. The monoisotopic (exact) mass is 479 g/mol. The van der Waals surface area contributed by atoms with E-state index in [1.165, 1.54) is 27.4 Å². The maximum Gasteiger partial charge on any atom is 0.308 e. The van der Waals surface area contributed by atoms with Gasteiger partial charge in [0.1, 0.15) is 6.54 Å². The van der Waals surface area contributed by atoms with E-state index < -0.39 is 11.9 Å². The maximum atomic E-state index is 12.7. The van der Waals surface area contributed by atoms with E-state index in [1.807, 2.05) is 18.2 Å². The molecule has 13 nitrogen and oxygen atoms in total. The van der Waals surface area contributed by atoms with Crippen molar-refractivity contribution in [1.82, 2.24) is 25.3 Å². The number of aromatic nitrogens is 4. The van der Waals surface area contributed by atoms with E-state index in [2.05, 4.69) is 30.5 Å². The molecule has 13 heteroatoms. The number of carbonyl (C=O) groups excluding carboxylic acids is 2. The summed E-state index contributed by atoms with van der Waals surface area (Å²) in [5.41, 5.74) is 10.4. The van der Waals surface area contributed by atoms with Gasteiger partial charge in [0.05, 0.1) is 31.5 Å². The van der Waals surface area contributed by atoms with E-state index in [0.29, 0.717) is 22.4 Å². The Labute approximate surface area is 198 Å². The number of hydrazone groups is 1. The molecule has 0 spiro atoms. The number of amides is 1. The predicted molar refractivity (Wildman–Crippen MR) is 124 cm³/mol. The molecule has 0 unspecified atom stereocenters. The Morgan fingerprint density at radius 1 is 1.17 bits per heavy atom. The highest BCUT2D eigenvalue weighted by atomic mass is 16.6. The highest BCUT2D eigenvalue weighted by Crippen LogP contribution is 2.38. The number of nitrogen functional groups attached to an aromatic ring is 1. The minimum Gasteiger partial charge on any atom is -0.493 e. The summed E-state index contributed by atoms with van der Waals surface area (Å²) in [5.74, 6) is 0.104. The Bertz CT molecular complexity index is 1400. The first-order valence-electron chi connectivity index (χ1n) is 10.2. The van der Waals surface area contributed by atoms with Crippen molar-refractivity contribution >= 4 is 34.9 Å². The highest BCUT2D eigenvalue weighted by Gasteiger charge is 2.20. The van der Waals surface area contributed by atoms with Crippen molar-refractivity contribution in [2.45, 2.75) is 13.5 Å². The lowest BCUT2D eigenvalue weighted by atomic mass is 10.2. The van der Waals surface area contributed by atoms with Crippen LogP contribution in [-0.4, -0.2) is 52.2 Å². The fourth-order valence-corrected chi connectivity index (χ4v) is 3.34. The van der Waals surface area contributed by atoms with Crippen LogP contribution in [0.3, 0.4) is 0 Å². The predicted octanol–water partition coefficient (Wildman–Crippen LogP) is 1.76. The molecular weight excluding hydrogens is 458 g/mol. The first-order valence-corrected chi connectivity index (χ1v) is 10.2. The van der Waals surface area contributed by atoms with Gasteiger partial charge < -0.3 is 24.5 Å². The molecular formula is C22H21N7O6. The molecule has 0 saturated heterocycles. The zero-order chi connectivity index (χ0) is 24.9. The average Bonchev–Trinajstić information content (AvgIpc) is 3.42. The molecule has 3 N–H and O–H groups in total. The number of benzene rings is 2. The normalized spacial score (nSPS) is 11.1. The fraction of sp³-hybridized carbons (Fsp3) is 0.182. The number of methoxy groups -OCH3 is 2. The zero-order valence-electron chi connectivity index (χ0n) is 19.0. The van der Waals surface area contributed by atoms with E-state index in [-0.39, 0.29) is 35.3 Å². The van der Waals surface area contributed by atoms with Gasteiger partial charge >= 0.3 is 5.97 Å². The van der Waals surface area contributed by atoms with Crippen molar-refractivity contribution in [3.05, 3.63) is 42.0 Å². The third-order valence-electron chi connectivity index (χ3n) is 4.81. The molecule has 0 aliphatic carbocycles. The zero-order valence-corrected chi connectivity index (χ0v) is 19.0. The SMILES string of the molecule is COc1cc(/C=N\NC(=O)Cn2c(-c3nonc3N)nc3ccccc32)cc(OC)c1OC(C)=O. The Balaban J connectivity index is 1.55. The Morgan fingerprint density at radius 3 is 2.51 bits per heavy atom. The minimum absolute atomic E-state index is 0.0556. The summed E-state index contributed by atoms with van der Waals surface area (Å²) in [5, 5.41) is 11.4. The van der Waals surface area contributed by atoms with Crippen LogP contribution in [0.15, 0.2) is 46.1 Å². The number of nitrogens with two attached hydrogens (primary N) is 1. The smallest absolute Gasteiger partial charge is 0.308 e. The van der Waals surface area contributed by atoms with Gasteiger partial charge in [0.2, 0.25) is 5.75 Å². The number of anilines is 1. The van der Waals surface area contributed by atoms with E-state index in [1.54, 1.807) is 22.8 Å². The van der Waals surface area contributed by atoms with Crippen LogP contribution in [0.1, 0.15) is 12.5 Å². The van der Waals surface area contributed by atoms with E-state index in [4.69, 9.17) is 19.9 Å². The molecule has 0 aliphatic heterocycles. The number of rotatable bonds is 8. The fourth-order valence-electron chi connectivity index (χ4n) is 3.34. The molecule has 0 saturated carbocycles. The van der Waals surface area contributed by atoms with E-state index in [0.717, 1.165) is 0 Å². The van der Waals surface area contributed by atoms with Gasteiger partial charge in [0, 0.05) is 12.5 Å². The molecule has 1 amide bonds. The van der Waals surface area contributed by atoms with Gasteiger partial charge in [-0.15, -0.1) is 0 Å². The molecule has 35 heavy (non-hydrogen) atoms. The van der Waals surface area contributed by atoms with Crippen molar-refractivity contribution in [2.75, 3.05) is 20.0 Å². The van der Waals surface area contributed by atoms with Gasteiger partial charge in [-0.25, -0.2) is 15.0 Å².